The van der Waals surface area contributed by atoms with Crippen molar-refractivity contribution in [2.45, 2.75) is 31.9 Å². The Kier molecular flexibility index (Phi) is 4.39. The molecule has 3 rings (SSSR count). The summed E-state index contributed by atoms with van der Waals surface area (Å²) in [6, 6.07) is 9.62. The topological polar surface area (TPSA) is 62.2 Å². The molecule has 23 heavy (non-hydrogen) atoms. The van der Waals surface area contributed by atoms with Gasteiger partial charge in [-0.2, -0.15) is 0 Å². The Morgan fingerprint density at radius 1 is 1.35 bits per heavy atom. The Morgan fingerprint density at radius 2 is 2.13 bits per heavy atom. The van der Waals surface area contributed by atoms with E-state index in [-0.39, 0.29) is 29.8 Å². The summed E-state index contributed by atoms with van der Waals surface area (Å²) in [6.45, 7) is 1.63. The number of pyridine rings is 1. The Morgan fingerprint density at radius 3 is 2.74 bits per heavy atom. The molecule has 120 valence electrons. The first-order valence-electron chi connectivity index (χ1n) is 7.70. The number of hydrogen-bond acceptors (Lipinski definition) is 3. The van der Waals surface area contributed by atoms with Gasteiger partial charge < -0.3 is 10.4 Å². The Labute approximate surface area is 134 Å². The molecule has 0 saturated heterocycles. The van der Waals surface area contributed by atoms with E-state index in [0.29, 0.717) is 24.0 Å². The number of benzene rings is 1. The van der Waals surface area contributed by atoms with E-state index in [1.54, 1.807) is 13.1 Å². The van der Waals surface area contributed by atoms with Crippen LogP contribution in [0.25, 0.3) is 0 Å². The van der Waals surface area contributed by atoms with Crippen LogP contribution in [0.2, 0.25) is 0 Å². The lowest BCUT2D eigenvalue weighted by atomic mass is 9.76. The Balaban J connectivity index is 1.80. The molecular formula is C18H19FN2O2. The number of aromatic nitrogens is 1. The molecule has 0 bridgehead atoms. The van der Waals surface area contributed by atoms with Crippen molar-refractivity contribution < 1.29 is 14.3 Å². The van der Waals surface area contributed by atoms with E-state index in [9.17, 15) is 14.3 Å². The van der Waals surface area contributed by atoms with Crippen molar-refractivity contribution in [3.63, 3.8) is 0 Å². The van der Waals surface area contributed by atoms with Crippen LogP contribution in [-0.4, -0.2) is 22.1 Å². The molecular weight excluding hydrogens is 295 g/mol. The molecule has 0 radical (unpaired) electrons. The van der Waals surface area contributed by atoms with Crippen LogP contribution < -0.4 is 5.32 Å². The summed E-state index contributed by atoms with van der Waals surface area (Å²) in [6.07, 6.45) is 2.66. The molecule has 1 fully saturated rings. The largest absolute Gasteiger partial charge is 0.393 e. The second-order valence-electron chi connectivity index (χ2n) is 6.06. The average Bonchev–Trinajstić information content (AvgIpc) is 2.53. The van der Waals surface area contributed by atoms with Crippen molar-refractivity contribution in [2.24, 2.45) is 5.92 Å². The van der Waals surface area contributed by atoms with Crippen LogP contribution in [0.4, 0.5) is 4.39 Å². The Bertz CT molecular complexity index is 699. The minimum absolute atomic E-state index is 0.158. The monoisotopic (exact) mass is 314 g/mol. The molecule has 5 heteroatoms. The number of aliphatic hydroxyl groups excluding tert-OH is 1. The number of aryl methyl sites for hydroxylation is 1. The first-order valence-corrected chi connectivity index (χ1v) is 7.70. The number of hydrogen-bond donors (Lipinski definition) is 2. The number of aliphatic hydroxyl groups is 1. The first kappa shape index (κ1) is 15.6. The van der Waals surface area contributed by atoms with Gasteiger partial charge in [-0.25, -0.2) is 4.39 Å². The van der Waals surface area contributed by atoms with Crippen LogP contribution in [0.1, 0.15) is 40.5 Å². The van der Waals surface area contributed by atoms with Gasteiger partial charge in [0.25, 0.3) is 5.91 Å². The maximum atomic E-state index is 13.4. The summed E-state index contributed by atoms with van der Waals surface area (Å²) in [7, 11) is 0. The van der Waals surface area contributed by atoms with Gasteiger partial charge in [-0.3, -0.25) is 9.78 Å². The highest BCUT2D eigenvalue weighted by Crippen LogP contribution is 2.37. The van der Waals surface area contributed by atoms with E-state index in [1.807, 2.05) is 18.2 Å². The van der Waals surface area contributed by atoms with Crippen LogP contribution in [0, 0.1) is 18.7 Å². The zero-order valence-electron chi connectivity index (χ0n) is 12.9. The summed E-state index contributed by atoms with van der Waals surface area (Å²) >= 11 is 0. The Hall–Kier alpha value is -2.27. The highest BCUT2D eigenvalue weighted by Gasteiger charge is 2.36. The van der Waals surface area contributed by atoms with Crippen molar-refractivity contribution in [3.8, 4) is 0 Å². The summed E-state index contributed by atoms with van der Waals surface area (Å²) in [5.74, 6) is -0.430. The highest BCUT2D eigenvalue weighted by atomic mass is 19.1. The SMILES string of the molecule is Cc1cc(C(=O)N[C@@H](c2ccccn2)C2CC(O)C2)ccc1F. The van der Waals surface area contributed by atoms with E-state index < -0.39 is 0 Å². The predicted octanol–water partition coefficient (Wildman–Crippen LogP) is 2.77. The van der Waals surface area contributed by atoms with Crippen molar-refractivity contribution in [3.05, 3.63) is 65.2 Å². The lowest BCUT2D eigenvalue weighted by Crippen LogP contribution is -2.41. The molecule has 0 spiro atoms. The van der Waals surface area contributed by atoms with Crippen LogP contribution in [0.15, 0.2) is 42.6 Å². The van der Waals surface area contributed by atoms with Gasteiger partial charge in [0.2, 0.25) is 0 Å². The number of carbonyl (C=O) groups excluding carboxylic acids is 1. The summed E-state index contributed by atoms with van der Waals surface area (Å²) in [5, 5.41) is 12.5. The molecule has 1 aliphatic carbocycles. The van der Waals surface area contributed by atoms with Gasteiger partial charge in [-0.15, -0.1) is 0 Å². The number of halogens is 1. The maximum Gasteiger partial charge on any atom is 0.251 e. The molecule has 1 saturated carbocycles. The van der Waals surface area contributed by atoms with Gasteiger partial charge in [0.05, 0.1) is 17.8 Å². The molecule has 0 aliphatic heterocycles. The van der Waals surface area contributed by atoms with E-state index in [2.05, 4.69) is 10.3 Å². The third-order valence-corrected chi connectivity index (χ3v) is 4.33. The fourth-order valence-electron chi connectivity index (χ4n) is 2.91. The van der Waals surface area contributed by atoms with Gasteiger partial charge in [0.15, 0.2) is 0 Å². The fourth-order valence-corrected chi connectivity index (χ4v) is 2.91. The molecule has 4 nitrogen and oxygen atoms in total. The number of carbonyl (C=O) groups is 1. The van der Waals surface area contributed by atoms with Crippen LogP contribution >= 0.6 is 0 Å². The van der Waals surface area contributed by atoms with E-state index in [4.69, 9.17) is 0 Å². The van der Waals surface area contributed by atoms with Crippen molar-refractivity contribution in [2.75, 3.05) is 0 Å². The van der Waals surface area contributed by atoms with Gasteiger partial charge in [0.1, 0.15) is 5.82 Å². The zero-order chi connectivity index (χ0) is 16.4. The number of nitrogens with zero attached hydrogens (tertiary/aromatic N) is 1. The molecule has 1 atom stereocenters. The smallest absolute Gasteiger partial charge is 0.251 e. The highest BCUT2D eigenvalue weighted by molar-refractivity contribution is 5.94. The van der Waals surface area contributed by atoms with Gasteiger partial charge in [-0.1, -0.05) is 6.07 Å². The summed E-state index contributed by atoms with van der Waals surface area (Å²) in [4.78, 5) is 16.8. The lowest BCUT2D eigenvalue weighted by Gasteiger charge is -2.37. The number of nitrogens with one attached hydrogen (secondary N) is 1. The van der Waals surface area contributed by atoms with Crippen LogP contribution in [-0.2, 0) is 0 Å². The third kappa shape index (κ3) is 3.40. The van der Waals surface area contributed by atoms with Crippen LogP contribution in [0.5, 0.6) is 0 Å². The molecule has 0 unspecified atom stereocenters. The van der Waals surface area contributed by atoms with Gasteiger partial charge in [-0.05, 0) is 61.6 Å². The average molecular weight is 314 g/mol. The second kappa shape index (κ2) is 6.46. The van der Waals surface area contributed by atoms with Gasteiger partial charge >= 0.3 is 0 Å². The maximum absolute atomic E-state index is 13.4. The fraction of sp³-hybridized carbons (Fsp3) is 0.333. The zero-order valence-corrected chi connectivity index (χ0v) is 12.9. The van der Waals surface area contributed by atoms with Gasteiger partial charge in [0, 0.05) is 11.8 Å². The first-order chi connectivity index (χ1) is 11.0. The molecule has 1 amide bonds. The van der Waals surface area contributed by atoms with E-state index >= 15 is 0 Å². The predicted molar refractivity (Wildman–Crippen MR) is 84.3 cm³/mol. The summed E-state index contributed by atoms with van der Waals surface area (Å²) < 4.78 is 13.4. The molecule has 1 aromatic carbocycles. The quantitative estimate of drug-likeness (QED) is 0.912. The lowest BCUT2D eigenvalue weighted by molar-refractivity contribution is 0.0228. The van der Waals surface area contributed by atoms with Crippen molar-refractivity contribution in [1.82, 2.24) is 10.3 Å². The number of amides is 1. The molecule has 2 N–H and O–H groups in total. The molecule has 1 heterocycles. The minimum Gasteiger partial charge on any atom is -0.393 e. The normalized spacial score (nSPS) is 21.3. The second-order valence-corrected chi connectivity index (χ2v) is 6.06. The standard InChI is InChI=1S/C18H19FN2O2/c1-11-8-12(5-6-15(11)19)18(23)21-17(13-9-14(22)10-13)16-4-2-3-7-20-16/h2-8,13-14,17,22H,9-10H2,1H3,(H,21,23)/t13?,14?,17-/m1/s1. The van der Waals surface area contributed by atoms with E-state index in [0.717, 1.165) is 5.69 Å². The van der Waals surface area contributed by atoms with Crippen LogP contribution in [0.3, 0.4) is 0 Å². The van der Waals surface area contributed by atoms with Crippen molar-refractivity contribution in [1.29, 1.82) is 0 Å². The molecule has 1 aromatic heterocycles. The summed E-state index contributed by atoms with van der Waals surface area (Å²) in [5.41, 5.74) is 1.63. The minimum atomic E-state index is -0.329. The third-order valence-electron chi connectivity index (χ3n) is 4.33. The van der Waals surface area contributed by atoms with Crippen molar-refractivity contribution >= 4 is 5.91 Å². The van der Waals surface area contributed by atoms with E-state index in [1.165, 1.54) is 18.2 Å². The molecule has 1 aliphatic rings. The number of rotatable bonds is 4. The molecule has 2 aromatic rings.